The largest absolute Gasteiger partial charge is 0.329 e. The third kappa shape index (κ3) is 3.86. The maximum Gasteiger partial charge on any atom is 0.213 e. The van der Waals surface area contributed by atoms with Crippen molar-refractivity contribution in [2.45, 2.75) is 19.9 Å². The molecule has 0 saturated heterocycles. The number of nitrogens with zero attached hydrogens (tertiary/aromatic N) is 1. The second-order valence-electron chi connectivity index (χ2n) is 3.27. The molecule has 1 rings (SSSR count). The van der Waals surface area contributed by atoms with Crippen LogP contribution in [0.25, 0.3) is 0 Å². The third-order valence-corrected chi connectivity index (χ3v) is 4.38. The zero-order chi connectivity index (χ0) is 11.5. The van der Waals surface area contributed by atoms with Crippen LogP contribution in [0.15, 0.2) is 5.38 Å². The van der Waals surface area contributed by atoms with E-state index in [1.165, 1.54) is 11.3 Å². The smallest absolute Gasteiger partial charge is 0.213 e. The van der Waals surface area contributed by atoms with E-state index in [1.54, 1.807) is 6.92 Å². The lowest BCUT2D eigenvalue weighted by molar-refractivity contribution is 0.566. The first kappa shape index (κ1) is 12.6. The topological polar surface area (TPSA) is 85.1 Å². The van der Waals surface area contributed by atoms with Crippen molar-refractivity contribution in [3.05, 3.63) is 16.1 Å². The molecular formula is C8H15N3O2S2. The van der Waals surface area contributed by atoms with E-state index in [9.17, 15) is 8.42 Å². The number of aromatic nitrogens is 1. The van der Waals surface area contributed by atoms with Crippen molar-refractivity contribution in [1.29, 1.82) is 0 Å². The van der Waals surface area contributed by atoms with E-state index in [4.69, 9.17) is 5.73 Å². The average Bonchev–Trinajstić information content (AvgIpc) is 2.50. The summed E-state index contributed by atoms with van der Waals surface area (Å²) in [6.07, 6.45) is 0. The van der Waals surface area contributed by atoms with Crippen LogP contribution in [0.4, 0.5) is 0 Å². The Morgan fingerprint density at radius 1 is 1.67 bits per heavy atom. The monoisotopic (exact) mass is 249 g/mol. The van der Waals surface area contributed by atoms with Crippen molar-refractivity contribution < 1.29 is 8.42 Å². The van der Waals surface area contributed by atoms with Crippen LogP contribution in [-0.4, -0.2) is 25.7 Å². The SMILES string of the molecule is Cc1csc(C(C)NS(=O)(=O)CCN)n1. The molecule has 0 spiro atoms. The summed E-state index contributed by atoms with van der Waals surface area (Å²) >= 11 is 1.45. The molecule has 86 valence electrons. The van der Waals surface area contributed by atoms with Gasteiger partial charge in [-0.2, -0.15) is 0 Å². The molecule has 1 aromatic rings. The molecule has 0 amide bonds. The molecule has 0 aliphatic carbocycles. The van der Waals surface area contributed by atoms with E-state index in [0.29, 0.717) is 0 Å². The van der Waals surface area contributed by atoms with Crippen molar-refractivity contribution in [3.8, 4) is 0 Å². The molecule has 7 heteroatoms. The fourth-order valence-electron chi connectivity index (χ4n) is 1.10. The lowest BCUT2D eigenvalue weighted by Crippen LogP contribution is -2.31. The Balaban J connectivity index is 2.67. The van der Waals surface area contributed by atoms with Crippen LogP contribution < -0.4 is 10.5 Å². The van der Waals surface area contributed by atoms with E-state index < -0.39 is 10.0 Å². The highest BCUT2D eigenvalue weighted by Gasteiger charge is 2.16. The molecule has 0 bridgehead atoms. The summed E-state index contributed by atoms with van der Waals surface area (Å²) in [6.45, 7) is 3.77. The predicted molar refractivity (Wildman–Crippen MR) is 61.2 cm³/mol. The van der Waals surface area contributed by atoms with Crippen LogP contribution in [0.3, 0.4) is 0 Å². The third-order valence-electron chi connectivity index (χ3n) is 1.75. The molecule has 5 nitrogen and oxygen atoms in total. The molecule has 1 heterocycles. The molecule has 1 atom stereocenters. The molecular weight excluding hydrogens is 234 g/mol. The van der Waals surface area contributed by atoms with Crippen molar-refractivity contribution in [3.63, 3.8) is 0 Å². The minimum Gasteiger partial charge on any atom is -0.329 e. The summed E-state index contributed by atoms with van der Waals surface area (Å²) in [6, 6.07) is -0.291. The van der Waals surface area contributed by atoms with Gasteiger partial charge in [-0.1, -0.05) is 0 Å². The Kier molecular flexibility index (Phi) is 4.21. The fourth-order valence-corrected chi connectivity index (χ4v) is 3.06. The Labute approximate surface area is 93.8 Å². The molecule has 0 aliphatic heterocycles. The van der Waals surface area contributed by atoms with Gasteiger partial charge < -0.3 is 5.73 Å². The van der Waals surface area contributed by atoms with Crippen LogP contribution in [0.5, 0.6) is 0 Å². The number of hydrogen-bond donors (Lipinski definition) is 2. The summed E-state index contributed by atoms with van der Waals surface area (Å²) in [5.74, 6) is -0.0539. The number of hydrogen-bond acceptors (Lipinski definition) is 5. The first-order chi connectivity index (χ1) is 6.94. The van der Waals surface area contributed by atoms with Gasteiger partial charge >= 0.3 is 0 Å². The van der Waals surface area contributed by atoms with Gasteiger partial charge in [0.25, 0.3) is 0 Å². The average molecular weight is 249 g/mol. The molecule has 0 fully saturated rings. The molecule has 0 saturated carbocycles. The summed E-state index contributed by atoms with van der Waals surface area (Å²) in [5.41, 5.74) is 6.10. The number of aryl methyl sites for hydroxylation is 1. The van der Waals surface area contributed by atoms with Gasteiger partial charge in [-0.25, -0.2) is 18.1 Å². The molecule has 15 heavy (non-hydrogen) atoms. The number of sulfonamides is 1. The molecule has 0 aliphatic rings. The van der Waals surface area contributed by atoms with Crippen LogP contribution in [0.1, 0.15) is 23.7 Å². The highest BCUT2D eigenvalue weighted by molar-refractivity contribution is 7.89. The van der Waals surface area contributed by atoms with Gasteiger partial charge in [-0.05, 0) is 13.8 Å². The molecule has 3 N–H and O–H groups in total. The van der Waals surface area contributed by atoms with E-state index in [-0.39, 0.29) is 18.3 Å². The minimum atomic E-state index is -3.28. The van der Waals surface area contributed by atoms with Gasteiger partial charge in [-0.15, -0.1) is 11.3 Å². The predicted octanol–water partition coefficient (Wildman–Crippen LogP) is 0.391. The van der Waals surface area contributed by atoms with Gasteiger partial charge in [0.1, 0.15) is 5.01 Å². The van der Waals surface area contributed by atoms with E-state index in [2.05, 4.69) is 9.71 Å². The fraction of sp³-hybridized carbons (Fsp3) is 0.625. The lowest BCUT2D eigenvalue weighted by Gasteiger charge is -2.10. The van der Waals surface area contributed by atoms with Gasteiger partial charge in [0.2, 0.25) is 10.0 Å². The number of thiazole rings is 1. The summed E-state index contributed by atoms with van der Waals surface area (Å²) in [7, 11) is -3.28. The van der Waals surface area contributed by atoms with E-state index in [1.807, 2.05) is 12.3 Å². The van der Waals surface area contributed by atoms with Crippen molar-refractivity contribution >= 4 is 21.4 Å². The van der Waals surface area contributed by atoms with Gasteiger partial charge in [0.15, 0.2) is 0 Å². The Bertz CT molecular complexity index is 413. The second-order valence-corrected chi connectivity index (χ2v) is 6.04. The van der Waals surface area contributed by atoms with E-state index in [0.717, 1.165) is 10.7 Å². The van der Waals surface area contributed by atoms with Crippen LogP contribution in [-0.2, 0) is 10.0 Å². The van der Waals surface area contributed by atoms with Crippen molar-refractivity contribution in [2.24, 2.45) is 5.73 Å². The summed E-state index contributed by atoms with van der Waals surface area (Å²) < 4.78 is 25.3. The van der Waals surface area contributed by atoms with Crippen LogP contribution >= 0.6 is 11.3 Å². The van der Waals surface area contributed by atoms with Crippen LogP contribution in [0.2, 0.25) is 0 Å². The molecule has 1 unspecified atom stereocenters. The highest BCUT2D eigenvalue weighted by Crippen LogP contribution is 2.17. The zero-order valence-corrected chi connectivity index (χ0v) is 10.4. The summed E-state index contributed by atoms with van der Waals surface area (Å²) in [4.78, 5) is 4.22. The van der Waals surface area contributed by atoms with Crippen molar-refractivity contribution in [1.82, 2.24) is 9.71 Å². The standard InChI is InChI=1S/C8H15N3O2S2/c1-6-5-14-8(10-6)7(2)11-15(12,13)4-3-9/h5,7,11H,3-4,9H2,1-2H3. The van der Waals surface area contributed by atoms with Gasteiger partial charge in [0.05, 0.1) is 11.8 Å². The quantitative estimate of drug-likeness (QED) is 0.790. The van der Waals surface area contributed by atoms with Crippen LogP contribution in [0, 0.1) is 6.92 Å². The number of rotatable bonds is 5. The Morgan fingerprint density at radius 3 is 2.80 bits per heavy atom. The Morgan fingerprint density at radius 2 is 2.33 bits per heavy atom. The van der Waals surface area contributed by atoms with E-state index >= 15 is 0 Å². The normalized spacial score (nSPS) is 14.1. The summed E-state index contributed by atoms with van der Waals surface area (Å²) in [5, 5.41) is 2.66. The number of nitrogens with two attached hydrogens (primary N) is 1. The lowest BCUT2D eigenvalue weighted by atomic mass is 10.4. The van der Waals surface area contributed by atoms with Gasteiger partial charge in [-0.3, -0.25) is 0 Å². The second kappa shape index (κ2) is 5.02. The maximum atomic E-state index is 11.4. The molecule has 0 aromatic carbocycles. The number of nitrogens with one attached hydrogen (secondary N) is 1. The molecule has 0 radical (unpaired) electrons. The van der Waals surface area contributed by atoms with Gasteiger partial charge in [0, 0.05) is 17.6 Å². The van der Waals surface area contributed by atoms with Crippen molar-refractivity contribution in [2.75, 3.05) is 12.3 Å². The Hall–Kier alpha value is -0.500. The molecule has 1 aromatic heterocycles. The first-order valence-corrected chi connectivity index (χ1v) is 7.10. The maximum absolute atomic E-state index is 11.4. The highest BCUT2D eigenvalue weighted by atomic mass is 32.2. The first-order valence-electron chi connectivity index (χ1n) is 4.56. The minimum absolute atomic E-state index is 0.0539. The zero-order valence-electron chi connectivity index (χ0n) is 8.73.